The normalized spacial score (nSPS) is 12.6. The van der Waals surface area contributed by atoms with E-state index in [1.54, 1.807) is 13.8 Å². The fourth-order valence-electron chi connectivity index (χ4n) is 1.47. The maximum atomic E-state index is 13.7. The summed E-state index contributed by atoms with van der Waals surface area (Å²) in [6.45, 7) is 3.23. The average Bonchev–Trinajstić information content (AvgIpc) is 2.14. The molecular formula is C11H15FO3. The Morgan fingerprint density at radius 2 is 2.13 bits per heavy atom. The van der Waals surface area contributed by atoms with Crippen molar-refractivity contribution in [2.45, 2.75) is 26.4 Å². The molecule has 0 heterocycles. The SMILES string of the molecule is COc1c(O)c(C)cc(CC(C)O)c1F. The van der Waals surface area contributed by atoms with Crippen LogP contribution in [0.4, 0.5) is 4.39 Å². The van der Waals surface area contributed by atoms with Crippen LogP contribution in [0.2, 0.25) is 0 Å². The van der Waals surface area contributed by atoms with Gasteiger partial charge in [0.1, 0.15) is 0 Å². The third-order valence-corrected chi connectivity index (χ3v) is 2.18. The van der Waals surface area contributed by atoms with Crippen molar-refractivity contribution in [1.82, 2.24) is 0 Å². The minimum atomic E-state index is -0.631. The number of aromatic hydroxyl groups is 1. The second kappa shape index (κ2) is 4.49. The third-order valence-electron chi connectivity index (χ3n) is 2.18. The number of benzene rings is 1. The largest absolute Gasteiger partial charge is 0.504 e. The molecule has 0 aliphatic rings. The summed E-state index contributed by atoms with van der Waals surface area (Å²) in [5, 5.41) is 18.7. The predicted octanol–water partition coefficient (Wildman–Crippen LogP) is 1.77. The molecule has 0 spiro atoms. The van der Waals surface area contributed by atoms with Crippen molar-refractivity contribution < 1.29 is 19.3 Å². The van der Waals surface area contributed by atoms with E-state index in [-0.39, 0.29) is 17.9 Å². The van der Waals surface area contributed by atoms with E-state index < -0.39 is 11.9 Å². The van der Waals surface area contributed by atoms with Crippen LogP contribution in [0.15, 0.2) is 6.07 Å². The average molecular weight is 214 g/mol. The molecular weight excluding hydrogens is 199 g/mol. The highest BCUT2D eigenvalue weighted by Crippen LogP contribution is 2.34. The molecule has 84 valence electrons. The summed E-state index contributed by atoms with van der Waals surface area (Å²) in [6, 6.07) is 1.51. The lowest BCUT2D eigenvalue weighted by molar-refractivity contribution is 0.193. The van der Waals surface area contributed by atoms with Gasteiger partial charge in [-0.2, -0.15) is 0 Å². The van der Waals surface area contributed by atoms with E-state index in [9.17, 15) is 14.6 Å². The van der Waals surface area contributed by atoms with Crippen LogP contribution in [0.3, 0.4) is 0 Å². The Morgan fingerprint density at radius 3 is 2.60 bits per heavy atom. The topological polar surface area (TPSA) is 49.7 Å². The Hall–Kier alpha value is -1.29. The van der Waals surface area contributed by atoms with Gasteiger partial charge in [0.2, 0.25) is 0 Å². The summed E-state index contributed by atoms with van der Waals surface area (Å²) in [4.78, 5) is 0. The highest BCUT2D eigenvalue weighted by atomic mass is 19.1. The smallest absolute Gasteiger partial charge is 0.197 e. The van der Waals surface area contributed by atoms with E-state index in [2.05, 4.69) is 0 Å². The fourth-order valence-corrected chi connectivity index (χ4v) is 1.47. The number of methoxy groups -OCH3 is 1. The molecule has 0 saturated heterocycles. The van der Waals surface area contributed by atoms with Gasteiger partial charge in [0.15, 0.2) is 17.3 Å². The van der Waals surface area contributed by atoms with E-state index >= 15 is 0 Å². The second-order valence-corrected chi connectivity index (χ2v) is 3.60. The van der Waals surface area contributed by atoms with Gasteiger partial charge in [-0.15, -0.1) is 0 Å². The molecule has 3 nitrogen and oxygen atoms in total. The molecule has 1 aromatic carbocycles. The van der Waals surface area contributed by atoms with Crippen LogP contribution in [0.25, 0.3) is 0 Å². The van der Waals surface area contributed by atoms with Gasteiger partial charge in [-0.05, 0) is 31.0 Å². The zero-order valence-corrected chi connectivity index (χ0v) is 9.04. The van der Waals surface area contributed by atoms with Crippen molar-refractivity contribution in [1.29, 1.82) is 0 Å². The molecule has 2 N–H and O–H groups in total. The molecule has 4 heteroatoms. The molecule has 1 atom stereocenters. The maximum Gasteiger partial charge on any atom is 0.197 e. The van der Waals surface area contributed by atoms with E-state index in [0.717, 1.165) is 0 Å². The number of phenolic OH excluding ortho intramolecular Hbond substituents is 1. The van der Waals surface area contributed by atoms with Gasteiger partial charge >= 0.3 is 0 Å². The van der Waals surface area contributed by atoms with Crippen LogP contribution >= 0.6 is 0 Å². The predicted molar refractivity (Wildman–Crippen MR) is 54.7 cm³/mol. The van der Waals surface area contributed by atoms with Crippen LogP contribution in [0.1, 0.15) is 18.1 Å². The Balaban J connectivity index is 3.24. The number of aliphatic hydroxyl groups is 1. The van der Waals surface area contributed by atoms with Crippen molar-refractivity contribution in [2.75, 3.05) is 7.11 Å². The van der Waals surface area contributed by atoms with Crippen molar-refractivity contribution in [2.24, 2.45) is 0 Å². The molecule has 0 saturated carbocycles. The summed E-state index contributed by atoms with van der Waals surface area (Å²) in [6.07, 6.45) is -0.434. The Labute approximate surface area is 88.1 Å². The summed E-state index contributed by atoms with van der Waals surface area (Å²) >= 11 is 0. The zero-order valence-electron chi connectivity index (χ0n) is 9.04. The molecule has 1 rings (SSSR count). The van der Waals surface area contributed by atoms with Gasteiger partial charge in [0.25, 0.3) is 0 Å². The van der Waals surface area contributed by atoms with Crippen LogP contribution in [-0.2, 0) is 6.42 Å². The molecule has 0 aliphatic heterocycles. The lowest BCUT2D eigenvalue weighted by Gasteiger charge is -2.12. The second-order valence-electron chi connectivity index (χ2n) is 3.60. The number of aliphatic hydroxyl groups excluding tert-OH is 1. The number of halogens is 1. The maximum absolute atomic E-state index is 13.7. The molecule has 0 fully saturated rings. The highest BCUT2D eigenvalue weighted by Gasteiger charge is 2.17. The molecule has 0 aliphatic carbocycles. The minimum Gasteiger partial charge on any atom is -0.504 e. The lowest BCUT2D eigenvalue weighted by Crippen LogP contribution is -2.07. The van der Waals surface area contributed by atoms with Crippen molar-refractivity contribution >= 4 is 0 Å². The Kier molecular flexibility index (Phi) is 3.52. The van der Waals surface area contributed by atoms with Crippen molar-refractivity contribution in [3.8, 4) is 11.5 Å². The third kappa shape index (κ3) is 2.39. The number of phenols is 1. The standard InChI is InChI=1S/C11H15FO3/c1-6-4-8(5-7(2)13)9(12)11(15-3)10(6)14/h4,7,13-14H,5H2,1-3H3. The van der Waals surface area contributed by atoms with Gasteiger partial charge in [-0.25, -0.2) is 4.39 Å². The molecule has 0 amide bonds. The first-order valence-corrected chi connectivity index (χ1v) is 4.70. The first kappa shape index (κ1) is 11.8. The number of ether oxygens (including phenoxy) is 1. The number of hydrogen-bond acceptors (Lipinski definition) is 3. The van der Waals surface area contributed by atoms with E-state index in [0.29, 0.717) is 11.1 Å². The number of rotatable bonds is 3. The first-order chi connectivity index (χ1) is 6.97. The van der Waals surface area contributed by atoms with Crippen LogP contribution in [0, 0.1) is 12.7 Å². The molecule has 1 aromatic rings. The number of aryl methyl sites for hydroxylation is 1. The monoisotopic (exact) mass is 214 g/mol. The lowest BCUT2D eigenvalue weighted by atomic mass is 10.0. The molecule has 0 aromatic heterocycles. The quantitative estimate of drug-likeness (QED) is 0.806. The number of hydrogen-bond donors (Lipinski definition) is 2. The Bertz CT molecular complexity index is 361. The van der Waals surface area contributed by atoms with Crippen LogP contribution < -0.4 is 4.74 Å². The van der Waals surface area contributed by atoms with Crippen molar-refractivity contribution in [3.05, 3.63) is 23.0 Å². The highest BCUT2D eigenvalue weighted by molar-refractivity contribution is 5.49. The van der Waals surface area contributed by atoms with Gasteiger partial charge in [0.05, 0.1) is 13.2 Å². The molecule has 1 unspecified atom stereocenters. The summed E-state index contributed by atoms with van der Waals surface area (Å²) in [5.74, 6) is -0.962. The van der Waals surface area contributed by atoms with Gasteiger partial charge in [-0.3, -0.25) is 0 Å². The van der Waals surface area contributed by atoms with Crippen LogP contribution in [-0.4, -0.2) is 23.4 Å². The van der Waals surface area contributed by atoms with Gasteiger partial charge in [0, 0.05) is 6.42 Å². The summed E-state index contributed by atoms with van der Waals surface area (Å²) in [7, 11) is 1.30. The van der Waals surface area contributed by atoms with E-state index in [1.807, 2.05) is 0 Å². The van der Waals surface area contributed by atoms with Gasteiger partial charge in [-0.1, -0.05) is 0 Å². The minimum absolute atomic E-state index is 0.161. The fraction of sp³-hybridized carbons (Fsp3) is 0.455. The van der Waals surface area contributed by atoms with Gasteiger partial charge < -0.3 is 14.9 Å². The summed E-state index contributed by atoms with van der Waals surface area (Å²) < 4.78 is 18.5. The van der Waals surface area contributed by atoms with Crippen LogP contribution in [0.5, 0.6) is 11.5 Å². The van der Waals surface area contributed by atoms with Crippen molar-refractivity contribution in [3.63, 3.8) is 0 Å². The Morgan fingerprint density at radius 1 is 1.53 bits per heavy atom. The van der Waals surface area contributed by atoms with E-state index in [4.69, 9.17) is 4.74 Å². The molecule has 0 radical (unpaired) electrons. The first-order valence-electron chi connectivity index (χ1n) is 4.70. The molecule has 15 heavy (non-hydrogen) atoms. The summed E-state index contributed by atoms with van der Waals surface area (Å²) in [5.41, 5.74) is 0.876. The zero-order chi connectivity index (χ0) is 11.6. The molecule has 0 bridgehead atoms. The van der Waals surface area contributed by atoms with E-state index in [1.165, 1.54) is 13.2 Å².